The Morgan fingerprint density at radius 1 is 1.40 bits per heavy atom. The van der Waals surface area contributed by atoms with E-state index in [4.69, 9.17) is 5.73 Å². The Balaban J connectivity index is 1.95. The molecule has 1 aromatic heterocycles. The van der Waals surface area contributed by atoms with Crippen molar-refractivity contribution in [1.29, 1.82) is 0 Å². The summed E-state index contributed by atoms with van der Waals surface area (Å²) in [5.41, 5.74) is 6.64. The van der Waals surface area contributed by atoms with E-state index >= 15 is 0 Å². The second-order valence-electron chi connectivity index (χ2n) is 4.51. The fourth-order valence-electron chi connectivity index (χ4n) is 2.42. The molecule has 1 heterocycles. The van der Waals surface area contributed by atoms with Crippen LogP contribution in [0.2, 0.25) is 0 Å². The maximum atomic E-state index is 5.58. The van der Waals surface area contributed by atoms with Gasteiger partial charge in [-0.05, 0) is 31.6 Å². The number of nitrogens with zero attached hydrogens (tertiary/aromatic N) is 1. The van der Waals surface area contributed by atoms with Gasteiger partial charge < -0.3 is 5.73 Å². The van der Waals surface area contributed by atoms with E-state index in [0.717, 1.165) is 17.5 Å². The molecule has 0 amide bonds. The maximum Gasteiger partial charge on any atom is 0.0959 e. The van der Waals surface area contributed by atoms with Crippen molar-refractivity contribution in [2.75, 3.05) is 0 Å². The molecule has 0 unspecified atom stereocenters. The summed E-state index contributed by atoms with van der Waals surface area (Å²) in [6, 6.07) is 0. The molecule has 2 rings (SSSR count). The van der Waals surface area contributed by atoms with Gasteiger partial charge in [0.05, 0.1) is 10.7 Å². The van der Waals surface area contributed by atoms with Gasteiger partial charge in [-0.2, -0.15) is 0 Å². The van der Waals surface area contributed by atoms with Crippen molar-refractivity contribution < 1.29 is 0 Å². The highest BCUT2D eigenvalue weighted by atomic mass is 32.1. The molecule has 1 aliphatic rings. The molecule has 84 valence electrons. The lowest BCUT2D eigenvalue weighted by Crippen LogP contribution is -2.12. The van der Waals surface area contributed by atoms with Crippen LogP contribution in [0.5, 0.6) is 0 Å². The van der Waals surface area contributed by atoms with Crippen molar-refractivity contribution in [3.63, 3.8) is 0 Å². The fourth-order valence-corrected chi connectivity index (χ4v) is 3.43. The lowest BCUT2D eigenvalue weighted by Gasteiger charge is -2.26. The van der Waals surface area contributed by atoms with E-state index in [1.165, 1.54) is 37.1 Å². The number of aromatic nitrogens is 1. The number of hydrogen-bond donors (Lipinski definition) is 1. The average Bonchev–Trinajstić information content (AvgIpc) is 2.78. The molecule has 1 saturated carbocycles. The molecule has 0 aromatic carbocycles. The van der Waals surface area contributed by atoms with Crippen molar-refractivity contribution in [2.45, 2.75) is 51.5 Å². The van der Waals surface area contributed by atoms with Crippen molar-refractivity contribution >= 4 is 11.3 Å². The van der Waals surface area contributed by atoms with E-state index in [-0.39, 0.29) is 0 Å². The fraction of sp³-hybridized carbons (Fsp3) is 0.750. The molecule has 0 atom stereocenters. The van der Waals surface area contributed by atoms with Crippen LogP contribution in [0.15, 0.2) is 5.38 Å². The zero-order valence-electron chi connectivity index (χ0n) is 9.41. The van der Waals surface area contributed by atoms with Crippen LogP contribution in [0, 0.1) is 5.92 Å². The minimum Gasteiger partial charge on any atom is -0.325 e. The lowest BCUT2D eigenvalue weighted by molar-refractivity contribution is 0.318. The van der Waals surface area contributed by atoms with Gasteiger partial charge in [-0.1, -0.05) is 13.3 Å². The first-order valence-electron chi connectivity index (χ1n) is 5.97. The summed E-state index contributed by atoms with van der Waals surface area (Å²) in [7, 11) is 0. The summed E-state index contributed by atoms with van der Waals surface area (Å²) in [4.78, 5) is 4.60. The third-order valence-electron chi connectivity index (χ3n) is 3.55. The Labute approximate surface area is 95.9 Å². The van der Waals surface area contributed by atoms with Gasteiger partial charge in [-0.25, -0.2) is 4.98 Å². The third kappa shape index (κ3) is 2.58. The SMILES string of the molecule is CCC1CCC(c2nc(CN)cs2)CC1. The number of rotatable bonds is 3. The zero-order valence-corrected chi connectivity index (χ0v) is 10.2. The van der Waals surface area contributed by atoms with Crippen molar-refractivity contribution in [2.24, 2.45) is 11.7 Å². The Kier molecular flexibility index (Phi) is 3.76. The van der Waals surface area contributed by atoms with E-state index in [0.29, 0.717) is 6.54 Å². The van der Waals surface area contributed by atoms with Crippen molar-refractivity contribution in [1.82, 2.24) is 4.98 Å². The van der Waals surface area contributed by atoms with Crippen LogP contribution < -0.4 is 5.73 Å². The second kappa shape index (κ2) is 5.08. The zero-order chi connectivity index (χ0) is 10.7. The van der Waals surface area contributed by atoms with Crippen LogP contribution >= 0.6 is 11.3 Å². The van der Waals surface area contributed by atoms with Crippen LogP contribution in [0.1, 0.15) is 55.6 Å². The van der Waals surface area contributed by atoms with Crippen LogP contribution in [-0.2, 0) is 6.54 Å². The molecule has 2 nitrogen and oxygen atoms in total. The van der Waals surface area contributed by atoms with E-state index in [9.17, 15) is 0 Å². The highest BCUT2D eigenvalue weighted by Crippen LogP contribution is 2.37. The molecule has 1 aromatic rings. The second-order valence-corrected chi connectivity index (χ2v) is 5.40. The van der Waals surface area contributed by atoms with Gasteiger partial charge in [0.2, 0.25) is 0 Å². The van der Waals surface area contributed by atoms with Gasteiger partial charge in [-0.3, -0.25) is 0 Å². The van der Waals surface area contributed by atoms with Crippen molar-refractivity contribution in [3.8, 4) is 0 Å². The van der Waals surface area contributed by atoms with E-state index < -0.39 is 0 Å². The normalized spacial score (nSPS) is 26.8. The van der Waals surface area contributed by atoms with Gasteiger partial charge >= 0.3 is 0 Å². The smallest absolute Gasteiger partial charge is 0.0959 e. The largest absolute Gasteiger partial charge is 0.325 e. The van der Waals surface area contributed by atoms with Gasteiger partial charge in [0.15, 0.2) is 0 Å². The topological polar surface area (TPSA) is 38.9 Å². The van der Waals surface area contributed by atoms with Gasteiger partial charge in [-0.15, -0.1) is 11.3 Å². The highest BCUT2D eigenvalue weighted by molar-refractivity contribution is 7.09. The first-order chi connectivity index (χ1) is 7.33. The van der Waals surface area contributed by atoms with Crippen LogP contribution in [0.25, 0.3) is 0 Å². The summed E-state index contributed by atoms with van der Waals surface area (Å²) < 4.78 is 0. The predicted octanol–water partition coefficient (Wildman–Crippen LogP) is 3.29. The van der Waals surface area contributed by atoms with E-state index in [1.54, 1.807) is 11.3 Å². The molecule has 1 fully saturated rings. The Morgan fingerprint density at radius 3 is 2.67 bits per heavy atom. The molecule has 15 heavy (non-hydrogen) atoms. The summed E-state index contributed by atoms with van der Waals surface area (Å²) in [5.74, 6) is 1.69. The lowest BCUT2D eigenvalue weighted by atomic mass is 9.81. The molecule has 3 heteroatoms. The van der Waals surface area contributed by atoms with E-state index in [2.05, 4.69) is 17.3 Å². The van der Waals surface area contributed by atoms with Gasteiger partial charge in [0.1, 0.15) is 0 Å². The quantitative estimate of drug-likeness (QED) is 0.855. The van der Waals surface area contributed by atoms with Crippen molar-refractivity contribution in [3.05, 3.63) is 16.1 Å². The summed E-state index contributed by atoms with van der Waals surface area (Å²) >= 11 is 1.80. The predicted molar refractivity (Wildman–Crippen MR) is 65.0 cm³/mol. The molecular formula is C12H20N2S. The number of thiazole rings is 1. The first kappa shape index (κ1) is 11.1. The Hall–Kier alpha value is -0.410. The van der Waals surface area contributed by atoms with E-state index in [1.807, 2.05) is 0 Å². The molecule has 0 radical (unpaired) electrons. The average molecular weight is 224 g/mol. The van der Waals surface area contributed by atoms with Crippen LogP contribution in [0.3, 0.4) is 0 Å². The minimum absolute atomic E-state index is 0.584. The van der Waals surface area contributed by atoms with Gasteiger partial charge in [0, 0.05) is 17.8 Å². The van der Waals surface area contributed by atoms with Crippen LogP contribution in [-0.4, -0.2) is 4.98 Å². The summed E-state index contributed by atoms with van der Waals surface area (Å²) in [6.45, 7) is 2.89. The third-order valence-corrected chi connectivity index (χ3v) is 4.61. The standard InChI is InChI=1S/C12H20N2S/c1-2-9-3-5-10(6-4-9)12-14-11(7-13)8-15-12/h8-10H,2-7,13H2,1H3. The molecule has 1 aliphatic carbocycles. The minimum atomic E-state index is 0.584. The monoisotopic (exact) mass is 224 g/mol. The molecular weight excluding hydrogens is 204 g/mol. The summed E-state index contributed by atoms with van der Waals surface area (Å²) in [5, 5.41) is 3.44. The van der Waals surface area contributed by atoms with Crippen LogP contribution in [0.4, 0.5) is 0 Å². The first-order valence-corrected chi connectivity index (χ1v) is 6.85. The Morgan fingerprint density at radius 2 is 2.13 bits per heavy atom. The Bertz CT molecular complexity index is 300. The highest BCUT2D eigenvalue weighted by Gasteiger charge is 2.23. The molecule has 0 saturated heterocycles. The van der Waals surface area contributed by atoms with Gasteiger partial charge in [0.25, 0.3) is 0 Å². The number of nitrogens with two attached hydrogens (primary N) is 1. The molecule has 0 bridgehead atoms. The maximum absolute atomic E-state index is 5.58. The molecule has 2 N–H and O–H groups in total. The molecule has 0 spiro atoms. The molecule has 0 aliphatic heterocycles. The number of hydrogen-bond acceptors (Lipinski definition) is 3. The summed E-state index contributed by atoms with van der Waals surface area (Å²) in [6.07, 6.45) is 6.78.